The maximum Gasteiger partial charge on any atom is 0.338 e. The van der Waals surface area contributed by atoms with Gasteiger partial charge < -0.3 is 19.4 Å². The summed E-state index contributed by atoms with van der Waals surface area (Å²) in [6, 6.07) is 22.8. The zero-order valence-electron chi connectivity index (χ0n) is 26.2. The number of nitrogens with zero attached hydrogens (tertiary/aromatic N) is 2. The lowest BCUT2D eigenvalue weighted by atomic mass is 10.1. The van der Waals surface area contributed by atoms with E-state index in [1.165, 1.54) is 5.56 Å². The van der Waals surface area contributed by atoms with Crippen LogP contribution in [0.15, 0.2) is 66.7 Å². The van der Waals surface area contributed by atoms with E-state index < -0.39 is 8.07 Å². The van der Waals surface area contributed by atoms with Gasteiger partial charge in [0.2, 0.25) is 0 Å². The van der Waals surface area contributed by atoms with Gasteiger partial charge in [-0.3, -0.25) is 0 Å². The molecule has 5 heterocycles. The summed E-state index contributed by atoms with van der Waals surface area (Å²) >= 11 is 0. The maximum atomic E-state index is 12.3. The first-order valence-corrected chi connectivity index (χ1v) is 19.4. The number of unbranched alkanes of at least 4 members (excludes halogenated alkanes) is 2. The van der Waals surface area contributed by atoms with Gasteiger partial charge in [0, 0.05) is 35.7 Å². The van der Waals surface area contributed by atoms with Crippen molar-refractivity contribution in [2.45, 2.75) is 51.4 Å². The first-order valence-electron chi connectivity index (χ1n) is 15.7. The van der Waals surface area contributed by atoms with Crippen LogP contribution in [0.4, 0.5) is 0 Å². The van der Waals surface area contributed by atoms with Crippen LogP contribution in [-0.2, 0) is 11.2 Å². The number of carbonyl (C=O) groups excluding carboxylic acids is 1. The summed E-state index contributed by atoms with van der Waals surface area (Å²) in [5.74, 6) is 0.491. The molecule has 8 bridgehead atoms. The fourth-order valence-electron chi connectivity index (χ4n) is 5.32. The predicted octanol–water partition coefficient (Wildman–Crippen LogP) is 8.94. The van der Waals surface area contributed by atoms with Crippen molar-refractivity contribution >= 4 is 60.4 Å². The number of aromatic amines is 2. The van der Waals surface area contributed by atoms with E-state index in [9.17, 15) is 4.79 Å². The van der Waals surface area contributed by atoms with E-state index in [1.807, 2.05) is 36.4 Å². The molecule has 0 fully saturated rings. The molecular formula is C37H40N4O3Si. The number of aryl methyl sites for hydroxylation is 1. The molecule has 0 aliphatic carbocycles. The van der Waals surface area contributed by atoms with E-state index in [0.29, 0.717) is 18.8 Å². The molecule has 0 saturated carbocycles. The predicted molar refractivity (Wildman–Crippen MR) is 187 cm³/mol. The van der Waals surface area contributed by atoms with Gasteiger partial charge in [0.25, 0.3) is 0 Å². The molecule has 0 atom stereocenters. The molecule has 1 aromatic carbocycles. The molecule has 0 saturated heterocycles. The van der Waals surface area contributed by atoms with Crippen LogP contribution in [0.1, 0.15) is 58.0 Å². The zero-order chi connectivity index (χ0) is 31.2. The highest BCUT2D eigenvalue weighted by molar-refractivity contribution is 6.76. The molecule has 2 N–H and O–H groups in total. The largest absolute Gasteiger partial charge is 0.494 e. The van der Waals surface area contributed by atoms with Crippen molar-refractivity contribution < 1.29 is 14.3 Å². The molecule has 8 heteroatoms. The molecule has 4 aromatic rings. The fraction of sp³-hybridized carbons (Fsp3) is 0.270. The van der Waals surface area contributed by atoms with Crippen LogP contribution in [0.5, 0.6) is 5.75 Å². The summed E-state index contributed by atoms with van der Waals surface area (Å²) in [7, 11) is -1.23. The molecule has 230 valence electrons. The molecule has 45 heavy (non-hydrogen) atoms. The number of benzene rings is 1. The molecule has 7 nitrogen and oxygen atoms in total. The first kappa shape index (κ1) is 30.3. The number of esters is 1. The standard InChI is InChI=1S/C37H40N4O3Si/c1-45(2,3)22-21-44-37(42)26-8-16-33(17-9-26)43-20-6-4-5-7-34-35-18-14-31(40-35)24-29-12-10-27(38-29)23-28-11-13-30(39-28)25-32-15-19-36(34)41-32/h8-19,23-25,38,40H,4-7,20-22H2,1-3H3. The lowest BCUT2D eigenvalue weighted by Crippen LogP contribution is -2.22. The number of H-pyrrole nitrogens is 2. The van der Waals surface area contributed by atoms with Gasteiger partial charge in [-0.25, -0.2) is 14.8 Å². The molecular weight excluding hydrogens is 577 g/mol. The minimum absolute atomic E-state index is 0.272. The van der Waals surface area contributed by atoms with Crippen LogP contribution in [0.2, 0.25) is 25.7 Å². The molecule has 0 unspecified atom stereocenters. The average Bonchev–Trinajstić information content (AvgIpc) is 3.82. The Morgan fingerprint density at radius 3 is 2.20 bits per heavy atom. The second kappa shape index (κ2) is 13.5. The van der Waals surface area contributed by atoms with E-state index >= 15 is 0 Å². The number of rotatable bonds is 11. The quantitative estimate of drug-likeness (QED) is 0.0861. The Morgan fingerprint density at radius 2 is 1.40 bits per heavy atom. The molecule has 6 rings (SSSR count). The number of hydrogen-bond donors (Lipinski definition) is 2. The third-order valence-electron chi connectivity index (χ3n) is 7.84. The fourth-order valence-corrected chi connectivity index (χ4v) is 6.04. The van der Waals surface area contributed by atoms with Gasteiger partial charge in [-0.05, 0) is 123 Å². The number of nitrogens with one attached hydrogen (secondary N) is 2. The molecule has 0 amide bonds. The van der Waals surface area contributed by atoms with Crippen LogP contribution in [0.25, 0.3) is 46.4 Å². The van der Waals surface area contributed by atoms with Crippen LogP contribution in [-0.4, -0.2) is 47.2 Å². The van der Waals surface area contributed by atoms with E-state index in [1.54, 1.807) is 12.1 Å². The molecule has 3 aromatic heterocycles. The highest BCUT2D eigenvalue weighted by Crippen LogP contribution is 2.23. The van der Waals surface area contributed by atoms with Crippen molar-refractivity contribution in [3.8, 4) is 5.75 Å². The normalized spacial score (nSPS) is 12.4. The summed E-state index contributed by atoms with van der Waals surface area (Å²) in [6.07, 6.45) is 12.1. The average molecular weight is 617 g/mol. The molecule has 2 aliphatic rings. The van der Waals surface area contributed by atoms with Crippen molar-refractivity contribution in [3.63, 3.8) is 0 Å². The minimum Gasteiger partial charge on any atom is -0.494 e. The van der Waals surface area contributed by atoms with Gasteiger partial charge in [-0.15, -0.1) is 0 Å². The molecule has 0 spiro atoms. The van der Waals surface area contributed by atoms with Crippen LogP contribution >= 0.6 is 0 Å². The minimum atomic E-state index is -1.23. The Balaban J connectivity index is 1.09. The third kappa shape index (κ3) is 8.28. The highest BCUT2D eigenvalue weighted by Gasteiger charge is 2.15. The summed E-state index contributed by atoms with van der Waals surface area (Å²) in [4.78, 5) is 29.1. The van der Waals surface area contributed by atoms with E-state index in [2.05, 4.69) is 72.1 Å². The van der Waals surface area contributed by atoms with Gasteiger partial charge >= 0.3 is 5.97 Å². The molecule has 0 radical (unpaired) electrons. The Kier molecular flexibility index (Phi) is 9.12. The first-order chi connectivity index (χ1) is 21.8. The summed E-state index contributed by atoms with van der Waals surface area (Å²) in [5.41, 5.74) is 9.62. The van der Waals surface area contributed by atoms with E-state index in [-0.39, 0.29) is 5.97 Å². The van der Waals surface area contributed by atoms with Crippen LogP contribution < -0.4 is 4.74 Å². The van der Waals surface area contributed by atoms with Crippen molar-refractivity contribution in [3.05, 3.63) is 101 Å². The van der Waals surface area contributed by atoms with Gasteiger partial charge in [0.15, 0.2) is 0 Å². The van der Waals surface area contributed by atoms with E-state index in [0.717, 1.165) is 82.3 Å². The lowest BCUT2D eigenvalue weighted by Gasteiger charge is -2.15. The number of ether oxygens (including phenoxy) is 2. The highest BCUT2D eigenvalue weighted by atomic mass is 28.3. The lowest BCUT2D eigenvalue weighted by molar-refractivity contribution is 0.0525. The van der Waals surface area contributed by atoms with Crippen molar-refractivity contribution in [2.75, 3.05) is 13.2 Å². The van der Waals surface area contributed by atoms with Crippen molar-refractivity contribution in [1.82, 2.24) is 19.9 Å². The van der Waals surface area contributed by atoms with Gasteiger partial charge in [-0.2, -0.15) is 0 Å². The van der Waals surface area contributed by atoms with E-state index in [4.69, 9.17) is 19.4 Å². The van der Waals surface area contributed by atoms with Gasteiger partial charge in [-0.1, -0.05) is 19.6 Å². The SMILES string of the molecule is C[Si](C)(C)CCOC(=O)c1ccc(OCCCCCc2c3nc(cc4nc(cc5ccc(cc6ccc2[nH]6)[nH]5)C=C4)C=C3)cc1. The number of hydrogen-bond acceptors (Lipinski definition) is 5. The van der Waals surface area contributed by atoms with Crippen LogP contribution in [0.3, 0.4) is 0 Å². The molecule has 2 aliphatic heterocycles. The topological polar surface area (TPSA) is 92.9 Å². The third-order valence-corrected chi connectivity index (χ3v) is 9.55. The van der Waals surface area contributed by atoms with Crippen LogP contribution in [0, 0.1) is 0 Å². The van der Waals surface area contributed by atoms with Crippen molar-refractivity contribution in [1.29, 1.82) is 0 Å². The summed E-state index contributed by atoms with van der Waals surface area (Å²) in [6.45, 7) is 7.92. The van der Waals surface area contributed by atoms with Gasteiger partial charge in [0.1, 0.15) is 5.75 Å². The Bertz CT molecular complexity index is 1900. The second-order valence-electron chi connectivity index (χ2n) is 12.8. The Labute approximate surface area is 265 Å². The zero-order valence-corrected chi connectivity index (χ0v) is 27.2. The van der Waals surface area contributed by atoms with Gasteiger partial charge in [0.05, 0.1) is 41.6 Å². The smallest absolute Gasteiger partial charge is 0.338 e. The maximum absolute atomic E-state index is 12.3. The Morgan fingerprint density at radius 1 is 0.711 bits per heavy atom. The second-order valence-corrected chi connectivity index (χ2v) is 18.4. The summed E-state index contributed by atoms with van der Waals surface area (Å²) in [5, 5.41) is 0. The number of carbonyl (C=O) groups is 1. The summed E-state index contributed by atoms with van der Waals surface area (Å²) < 4.78 is 11.4. The Hall–Kier alpha value is -4.69. The van der Waals surface area contributed by atoms with Crippen molar-refractivity contribution in [2.24, 2.45) is 0 Å². The monoisotopic (exact) mass is 616 g/mol. The number of fused-ring (bicyclic) bond motifs is 8. The number of aromatic nitrogens is 4.